The predicted molar refractivity (Wildman–Crippen MR) is 112 cm³/mol. The fraction of sp³-hybridized carbons (Fsp3) is 0.391. The fourth-order valence-electron chi connectivity index (χ4n) is 3.49. The molecule has 0 bridgehead atoms. The molecule has 0 unspecified atom stereocenters. The van der Waals surface area contributed by atoms with Gasteiger partial charge in [-0.1, -0.05) is 6.07 Å². The number of methoxy groups -OCH3 is 2. The largest absolute Gasteiger partial charge is 0.497 e. The van der Waals surface area contributed by atoms with Crippen molar-refractivity contribution in [3.05, 3.63) is 58.7 Å². The molecule has 154 valence electrons. The molecule has 3 rings (SSSR count). The van der Waals surface area contributed by atoms with Gasteiger partial charge in [0.05, 0.1) is 14.2 Å². The molecule has 6 heteroatoms. The maximum absolute atomic E-state index is 12.8. The van der Waals surface area contributed by atoms with E-state index >= 15 is 0 Å². The first-order chi connectivity index (χ1) is 13.9. The van der Waals surface area contributed by atoms with E-state index in [2.05, 4.69) is 5.32 Å². The Hall–Kier alpha value is -3.02. The van der Waals surface area contributed by atoms with Crippen molar-refractivity contribution < 1.29 is 19.1 Å². The summed E-state index contributed by atoms with van der Waals surface area (Å²) >= 11 is 0. The molecule has 2 aromatic carbocycles. The number of benzene rings is 2. The standard InChI is InChI=1S/C23H28N2O4/c1-15-5-6-17(11-16(15)2)23(27)25-9-7-19(8-10-25)24-22(26)18-12-20(28-3)14-21(13-18)29-4/h5-6,11-14,19H,7-10H2,1-4H3,(H,24,26). The van der Waals surface area contributed by atoms with Crippen molar-refractivity contribution >= 4 is 11.8 Å². The third-order valence-electron chi connectivity index (χ3n) is 5.48. The second-order valence-electron chi connectivity index (χ2n) is 7.44. The highest BCUT2D eigenvalue weighted by Gasteiger charge is 2.25. The third kappa shape index (κ3) is 4.88. The molecule has 0 saturated carbocycles. The van der Waals surface area contributed by atoms with Crippen molar-refractivity contribution in [2.45, 2.75) is 32.7 Å². The number of ether oxygens (including phenoxy) is 2. The first-order valence-corrected chi connectivity index (χ1v) is 9.81. The summed E-state index contributed by atoms with van der Waals surface area (Å²) in [5.41, 5.74) is 3.51. The van der Waals surface area contributed by atoms with Crippen molar-refractivity contribution in [2.75, 3.05) is 27.3 Å². The molecule has 6 nitrogen and oxygen atoms in total. The second kappa shape index (κ2) is 8.99. The van der Waals surface area contributed by atoms with Crippen LogP contribution in [-0.4, -0.2) is 50.1 Å². The highest BCUT2D eigenvalue weighted by Crippen LogP contribution is 2.23. The van der Waals surface area contributed by atoms with Crippen molar-refractivity contribution in [1.29, 1.82) is 0 Å². The van der Waals surface area contributed by atoms with Crippen LogP contribution in [0.25, 0.3) is 0 Å². The minimum Gasteiger partial charge on any atom is -0.497 e. The van der Waals surface area contributed by atoms with Gasteiger partial charge in [-0.05, 0) is 62.1 Å². The summed E-state index contributed by atoms with van der Waals surface area (Å²) in [5, 5.41) is 3.07. The monoisotopic (exact) mass is 396 g/mol. The van der Waals surface area contributed by atoms with Crippen LogP contribution in [-0.2, 0) is 0 Å². The Labute approximate surface area is 171 Å². The highest BCUT2D eigenvalue weighted by molar-refractivity contribution is 5.96. The Morgan fingerprint density at radius 2 is 1.52 bits per heavy atom. The lowest BCUT2D eigenvalue weighted by molar-refractivity contribution is 0.0698. The van der Waals surface area contributed by atoms with E-state index < -0.39 is 0 Å². The molecule has 1 aliphatic heterocycles. The van der Waals surface area contributed by atoms with E-state index in [4.69, 9.17) is 9.47 Å². The minimum atomic E-state index is -0.166. The molecule has 2 amide bonds. The lowest BCUT2D eigenvalue weighted by atomic mass is 10.0. The van der Waals surface area contributed by atoms with Crippen molar-refractivity contribution in [3.63, 3.8) is 0 Å². The van der Waals surface area contributed by atoms with Gasteiger partial charge in [-0.15, -0.1) is 0 Å². The van der Waals surface area contributed by atoms with Gasteiger partial charge in [0.2, 0.25) is 0 Å². The fourth-order valence-corrected chi connectivity index (χ4v) is 3.49. The number of likely N-dealkylation sites (tertiary alicyclic amines) is 1. The average Bonchev–Trinajstić information content (AvgIpc) is 2.75. The number of nitrogens with one attached hydrogen (secondary N) is 1. The second-order valence-corrected chi connectivity index (χ2v) is 7.44. The number of carbonyl (C=O) groups is 2. The zero-order valence-electron chi connectivity index (χ0n) is 17.5. The Morgan fingerprint density at radius 3 is 2.07 bits per heavy atom. The number of piperidine rings is 1. The number of carbonyl (C=O) groups excluding carboxylic acids is 2. The van der Waals surface area contributed by atoms with E-state index in [-0.39, 0.29) is 17.9 Å². The minimum absolute atomic E-state index is 0.0310. The third-order valence-corrected chi connectivity index (χ3v) is 5.48. The van der Waals surface area contributed by atoms with E-state index in [1.807, 2.05) is 36.9 Å². The molecular weight excluding hydrogens is 368 g/mol. The quantitative estimate of drug-likeness (QED) is 0.842. The molecule has 1 fully saturated rings. The van der Waals surface area contributed by atoms with E-state index in [9.17, 15) is 9.59 Å². The Morgan fingerprint density at radius 1 is 0.897 bits per heavy atom. The lowest BCUT2D eigenvalue weighted by Gasteiger charge is -2.32. The first kappa shape index (κ1) is 20.7. The van der Waals surface area contributed by atoms with Gasteiger partial charge < -0.3 is 19.7 Å². The van der Waals surface area contributed by atoms with Crippen LogP contribution in [0, 0.1) is 13.8 Å². The molecule has 0 spiro atoms. The summed E-state index contributed by atoms with van der Waals surface area (Å²) in [6.07, 6.45) is 1.45. The van der Waals surface area contributed by atoms with E-state index in [1.54, 1.807) is 32.4 Å². The van der Waals surface area contributed by atoms with E-state index in [1.165, 1.54) is 5.56 Å². The Bertz CT molecular complexity index is 879. The molecule has 0 radical (unpaired) electrons. The number of amides is 2. The lowest BCUT2D eigenvalue weighted by Crippen LogP contribution is -2.46. The maximum Gasteiger partial charge on any atom is 0.253 e. The van der Waals surface area contributed by atoms with Crippen molar-refractivity contribution in [3.8, 4) is 11.5 Å². The van der Waals surface area contributed by atoms with Crippen molar-refractivity contribution in [2.24, 2.45) is 0 Å². The van der Waals surface area contributed by atoms with Gasteiger partial charge in [0.1, 0.15) is 11.5 Å². The van der Waals surface area contributed by atoms with Gasteiger partial charge in [0.25, 0.3) is 11.8 Å². The van der Waals surface area contributed by atoms with Crippen LogP contribution in [0.15, 0.2) is 36.4 Å². The summed E-state index contributed by atoms with van der Waals surface area (Å²) in [5.74, 6) is 1.03. The molecule has 0 aromatic heterocycles. The normalized spacial score (nSPS) is 14.4. The zero-order valence-corrected chi connectivity index (χ0v) is 17.5. The first-order valence-electron chi connectivity index (χ1n) is 9.81. The summed E-state index contributed by atoms with van der Waals surface area (Å²) < 4.78 is 10.5. The van der Waals surface area contributed by atoms with Crippen LogP contribution in [0.1, 0.15) is 44.7 Å². The number of nitrogens with zero attached hydrogens (tertiary/aromatic N) is 1. The van der Waals surface area contributed by atoms with Gasteiger partial charge in [0.15, 0.2) is 0 Å². The topological polar surface area (TPSA) is 67.9 Å². The van der Waals surface area contributed by atoms with Crippen LogP contribution in [0.4, 0.5) is 0 Å². The molecule has 1 heterocycles. The van der Waals surface area contributed by atoms with Crippen LogP contribution in [0.3, 0.4) is 0 Å². The maximum atomic E-state index is 12.8. The molecule has 1 saturated heterocycles. The SMILES string of the molecule is COc1cc(OC)cc(C(=O)NC2CCN(C(=O)c3ccc(C)c(C)c3)CC2)c1. The molecule has 29 heavy (non-hydrogen) atoms. The smallest absolute Gasteiger partial charge is 0.253 e. The molecule has 0 aliphatic carbocycles. The average molecular weight is 396 g/mol. The van der Waals surface area contributed by atoms with Crippen LogP contribution in [0.5, 0.6) is 11.5 Å². The van der Waals surface area contributed by atoms with Gasteiger partial charge in [-0.3, -0.25) is 9.59 Å². The van der Waals surface area contributed by atoms with Gasteiger partial charge in [-0.2, -0.15) is 0 Å². The summed E-state index contributed by atoms with van der Waals surface area (Å²) in [4.78, 5) is 27.3. The Kier molecular flexibility index (Phi) is 6.42. The summed E-state index contributed by atoms with van der Waals surface area (Å²) in [6.45, 7) is 5.30. The molecule has 2 aromatic rings. The summed E-state index contributed by atoms with van der Waals surface area (Å²) in [7, 11) is 3.11. The number of rotatable bonds is 5. The predicted octanol–water partition coefficient (Wildman–Crippen LogP) is 3.36. The van der Waals surface area contributed by atoms with Gasteiger partial charge in [0, 0.05) is 36.3 Å². The van der Waals surface area contributed by atoms with Gasteiger partial charge >= 0.3 is 0 Å². The zero-order chi connectivity index (χ0) is 21.0. The van der Waals surface area contributed by atoms with E-state index in [0.29, 0.717) is 30.2 Å². The summed E-state index contributed by atoms with van der Waals surface area (Å²) in [6, 6.07) is 11.0. The van der Waals surface area contributed by atoms with Crippen molar-refractivity contribution in [1.82, 2.24) is 10.2 Å². The molecule has 1 N–H and O–H groups in total. The molecule has 1 aliphatic rings. The number of hydrogen-bond donors (Lipinski definition) is 1. The van der Waals surface area contributed by atoms with Gasteiger partial charge in [-0.25, -0.2) is 0 Å². The van der Waals surface area contributed by atoms with E-state index in [0.717, 1.165) is 24.0 Å². The Balaban J connectivity index is 1.59. The van der Waals surface area contributed by atoms with Crippen LogP contribution >= 0.6 is 0 Å². The van der Waals surface area contributed by atoms with Crippen LogP contribution < -0.4 is 14.8 Å². The molecule has 0 atom stereocenters. The highest BCUT2D eigenvalue weighted by atomic mass is 16.5. The number of hydrogen-bond acceptors (Lipinski definition) is 4. The number of aryl methyl sites for hydroxylation is 2. The molecular formula is C23H28N2O4. The van der Waals surface area contributed by atoms with Crippen LogP contribution in [0.2, 0.25) is 0 Å².